The van der Waals surface area contributed by atoms with Gasteiger partial charge in [0.2, 0.25) is 0 Å². The van der Waals surface area contributed by atoms with E-state index in [1.165, 1.54) is 6.07 Å². The van der Waals surface area contributed by atoms with E-state index in [1.807, 2.05) is 0 Å². The molecule has 0 radical (unpaired) electrons. The lowest BCUT2D eigenvalue weighted by Crippen LogP contribution is -2.03. The monoisotopic (exact) mass is 285 g/mol. The normalized spacial score (nSPS) is 9.88. The summed E-state index contributed by atoms with van der Waals surface area (Å²) in [5.41, 5.74) is 0.166. The van der Waals surface area contributed by atoms with Gasteiger partial charge in [-0.2, -0.15) is 10.5 Å². The molecule has 0 aromatic carbocycles. The Bertz CT molecular complexity index is 474. The fraction of sp³-hybridized carbons (Fsp3) is 0.300. The number of hydrogen-bond donors (Lipinski definition) is 0. The summed E-state index contributed by atoms with van der Waals surface area (Å²) in [6.45, 7) is 0. The van der Waals surface area contributed by atoms with Gasteiger partial charge in [0.25, 0.3) is 6.43 Å². The molecule has 1 aromatic rings. The average Bonchev–Trinajstić information content (AvgIpc) is 2.28. The number of halogens is 3. The van der Waals surface area contributed by atoms with E-state index in [2.05, 4.69) is 20.9 Å². The summed E-state index contributed by atoms with van der Waals surface area (Å²) in [7, 11) is 0. The van der Waals surface area contributed by atoms with Crippen molar-refractivity contribution in [2.75, 3.05) is 0 Å². The molecular formula is C10H6BrF2N3. The Morgan fingerprint density at radius 3 is 2.50 bits per heavy atom. The predicted molar refractivity (Wildman–Crippen MR) is 55.9 cm³/mol. The minimum atomic E-state index is -2.78. The SMILES string of the molecule is N#CCc1cc(CBr)c(C#N)nc1C(F)F. The molecule has 1 heterocycles. The molecule has 0 spiro atoms. The molecule has 0 bridgehead atoms. The first-order valence-corrected chi connectivity index (χ1v) is 5.40. The lowest BCUT2D eigenvalue weighted by atomic mass is 10.1. The summed E-state index contributed by atoms with van der Waals surface area (Å²) in [5.74, 6) is 0. The largest absolute Gasteiger partial charge is 0.280 e. The first kappa shape index (κ1) is 12.5. The van der Waals surface area contributed by atoms with Crippen LogP contribution in [0, 0.1) is 22.7 Å². The number of rotatable bonds is 3. The van der Waals surface area contributed by atoms with Crippen LogP contribution in [0.15, 0.2) is 6.07 Å². The predicted octanol–water partition coefficient (Wildman–Crippen LogP) is 2.85. The molecule has 6 heteroatoms. The maximum absolute atomic E-state index is 12.6. The van der Waals surface area contributed by atoms with Gasteiger partial charge in [-0.05, 0) is 17.2 Å². The highest BCUT2D eigenvalue weighted by atomic mass is 79.9. The summed E-state index contributed by atoms with van der Waals surface area (Å²) in [6.07, 6.45) is -2.92. The summed E-state index contributed by atoms with van der Waals surface area (Å²) >= 11 is 3.13. The molecule has 0 aliphatic rings. The van der Waals surface area contributed by atoms with Crippen LogP contribution in [0.1, 0.15) is 28.9 Å². The number of hydrogen-bond acceptors (Lipinski definition) is 3. The van der Waals surface area contributed by atoms with Crippen molar-refractivity contribution in [3.8, 4) is 12.1 Å². The molecule has 82 valence electrons. The van der Waals surface area contributed by atoms with Crippen LogP contribution in [0.2, 0.25) is 0 Å². The Balaban J connectivity index is 3.38. The lowest BCUT2D eigenvalue weighted by Gasteiger charge is -2.08. The van der Waals surface area contributed by atoms with Crippen LogP contribution < -0.4 is 0 Å². The minimum absolute atomic E-state index is 0.0335. The van der Waals surface area contributed by atoms with E-state index in [-0.39, 0.29) is 17.7 Å². The average molecular weight is 286 g/mol. The molecule has 0 amide bonds. The smallest absolute Gasteiger partial charge is 0.235 e. The van der Waals surface area contributed by atoms with Gasteiger partial charge in [0.1, 0.15) is 17.5 Å². The van der Waals surface area contributed by atoms with Gasteiger partial charge in [-0.25, -0.2) is 13.8 Å². The van der Waals surface area contributed by atoms with Gasteiger partial charge < -0.3 is 0 Å². The Labute approximate surface area is 99.5 Å². The van der Waals surface area contributed by atoms with E-state index in [4.69, 9.17) is 10.5 Å². The molecule has 0 fully saturated rings. The summed E-state index contributed by atoms with van der Waals surface area (Å²) in [5, 5.41) is 17.6. The molecule has 0 unspecified atom stereocenters. The molecule has 3 nitrogen and oxygen atoms in total. The fourth-order valence-corrected chi connectivity index (χ4v) is 1.66. The number of pyridine rings is 1. The second-order valence-corrected chi connectivity index (χ2v) is 3.48. The third-order valence-corrected chi connectivity index (χ3v) is 2.54. The number of alkyl halides is 3. The number of nitriles is 2. The van der Waals surface area contributed by atoms with Crippen molar-refractivity contribution in [2.45, 2.75) is 18.2 Å². The zero-order valence-corrected chi connectivity index (χ0v) is 9.63. The van der Waals surface area contributed by atoms with E-state index in [1.54, 1.807) is 12.1 Å². The quantitative estimate of drug-likeness (QED) is 0.803. The zero-order valence-electron chi connectivity index (χ0n) is 8.04. The van der Waals surface area contributed by atoms with Crippen molar-refractivity contribution in [3.05, 3.63) is 28.6 Å². The minimum Gasteiger partial charge on any atom is -0.235 e. The highest BCUT2D eigenvalue weighted by molar-refractivity contribution is 9.08. The molecule has 0 aliphatic heterocycles. The van der Waals surface area contributed by atoms with E-state index >= 15 is 0 Å². The first-order chi connectivity index (χ1) is 7.63. The second kappa shape index (κ2) is 5.53. The van der Waals surface area contributed by atoms with E-state index in [9.17, 15) is 8.78 Å². The van der Waals surface area contributed by atoms with E-state index < -0.39 is 12.1 Å². The van der Waals surface area contributed by atoms with E-state index in [0.717, 1.165) is 0 Å². The Morgan fingerprint density at radius 2 is 2.06 bits per heavy atom. The topological polar surface area (TPSA) is 60.5 Å². The van der Waals surface area contributed by atoms with Crippen LogP contribution in [0.3, 0.4) is 0 Å². The van der Waals surface area contributed by atoms with Gasteiger partial charge in [-0.15, -0.1) is 0 Å². The van der Waals surface area contributed by atoms with Crippen molar-refractivity contribution in [1.82, 2.24) is 4.98 Å². The van der Waals surface area contributed by atoms with Crippen LogP contribution in [0.25, 0.3) is 0 Å². The van der Waals surface area contributed by atoms with Crippen LogP contribution in [0.4, 0.5) is 8.78 Å². The van der Waals surface area contributed by atoms with Crippen molar-refractivity contribution >= 4 is 15.9 Å². The van der Waals surface area contributed by atoms with Crippen LogP contribution in [-0.4, -0.2) is 4.98 Å². The number of aromatic nitrogens is 1. The molecule has 0 saturated carbocycles. The van der Waals surface area contributed by atoms with Crippen molar-refractivity contribution in [1.29, 1.82) is 10.5 Å². The zero-order chi connectivity index (χ0) is 12.1. The van der Waals surface area contributed by atoms with Crippen molar-refractivity contribution < 1.29 is 8.78 Å². The van der Waals surface area contributed by atoms with Gasteiger partial charge in [0.05, 0.1) is 12.5 Å². The third-order valence-electron chi connectivity index (χ3n) is 1.94. The maximum Gasteiger partial charge on any atom is 0.280 e. The van der Waals surface area contributed by atoms with Gasteiger partial charge >= 0.3 is 0 Å². The molecule has 0 atom stereocenters. The maximum atomic E-state index is 12.6. The van der Waals surface area contributed by atoms with Crippen molar-refractivity contribution in [2.24, 2.45) is 0 Å². The Kier molecular flexibility index (Phi) is 4.33. The molecule has 16 heavy (non-hydrogen) atoms. The van der Waals surface area contributed by atoms with Gasteiger partial charge in [-0.3, -0.25) is 0 Å². The summed E-state index contributed by atoms with van der Waals surface area (Å²) in [6, 6.07) is 4.97. The van der Waals surface area contributed by atoms with Crippen LogP contribution >= 0.6 is 15.9 Å². The molecule has 0 aliphatic carbocycles. The van der Waals surface area contributed by atoms with Gasteiger partial charge in [0, 0.05) is 5.33 Å². The highest BCUT2D eigenvalue weighted by Crippen LogP contribution is 2.24. The van der Waals surface area contributed by atoms with Gasteiger partial charge in [0.15, 0.2) is 0 Å². The van der Waals surface area contributed by atoms with Gasteiger partial charge in [-0.1, -0.05) is 15.9 Å². The molecule has 1 rings (SSSR count). The molecule has 0 saturated heterocycles. The number of nitrogens with zero attached hydrogens (tertiary/aromatic N) is 3. The lowest BCUT2D eigenvalue weighted by molar-refractivity contribution is 0.145. The van der Waals surface area contributed by atoms with Crippen LogP contribution in [-0.2, 0) is 11.8 Å². The molecule has 0 N–H and O–H groups in total. The third kappa shape index (κ3) is 2.53. The van der Waals surface area contributed by atoms with Crippen LogP contribution in [0.5, 0.6) is 0 Å². The fourth-order valence-electron chi connectivity index (χ4n) is 1.23. The summed E-state index contributed by atoms with van der Waals surface area (Å²) < 4.78 is 25.2. The standard InChI is InChI=1S/C10H6BrF2N3/c11-4-7-3-6(1-2-14)9(10(12)13)16-8(7)5-15/h3,10H,1,4H2. The molecule has 1 aromatic heterocycles. The van der Waals surface area contributed by atoms with Crippen molar-refractivity contribution in [3.63, 3.8) is 0 Å². The first-order valence-electron chi connectivity index (χ1n) is 4.27. The molecular weight excluding hydrogens is 280 g/mol. The summed E-state index contributed by atoms with van der Waals surface area (Å²) in [4.78, 5) is 3.59. The Hall–Kier alpha value is -1.53. The van der Waals surface area contributed by atoms with E-state index in [0.29, 0.717) is 10.9 Å². The highest BCUT2D eigenvalue weighted by Gasteiger charge is 2.18. The Morgan fingerprint density at radius 1 is 1.38 bits per heavy atom. The second-order valence-electron chi connectivity index (χ2n) is 2.92.